The highest BCUT2D eigenvalue weighted by atomic mass is 32.2. The Morgan fingerprint density at radius 2 is 1.56 bits per heavy atom. The van der Waals surface area contributed by atoms with Crippen LogP contribution in [0.4, 0.5) is 0 Å². The lowest BCUT2D eigenvalue weighted by molar-refractivity contribution is 0.0162. The van der Waals surface area contributed by atoms with Crippen LogP contribution >= 0.6 is 0 Å². The first-order valence-electron chi connectivity index (χ1n) is 10.9. The Hall–Kier alpha value is -2.92. The van der Waals surface area contributed by atoms with Crippen molar-refractivity contribution in [2.75, 3.05) is 27.4 Å². The van der Waals surface area contributed by atoms with Crippen molar-refractivity contribution >= 4 is 10.0 Å². The van der Waals surface area contributed by atoms with Gasteiger partial charge in [-0.15, -0.1) is 0 Å². The molecule has 0 amide bonds. The molecule has 1 unspecified atom stereocenters. The number of aromatic nitrogens is 2. The fourth-order valence-corrected chi connectivity index (χ4v) is 5.37. The van der Waals surface area contributed by atoms with Crippen LogP contribution in [0.1, 0.15) is 23.2 Å². The van der Waals surface area contributed by atoms with Crippen molar-refractivity contribution in [3.05, 3.63) is 71.4 Å². The average molecular weight is 488 g/mol. The first-order valence-corrected chi connectivity index (χ1v) is 12.3. The lowest BCUT2D eigenvalue weighted by Crippen LogP contribution is -2.30. The number of hydrogen-bond acceptors (Lipinski definition) is 7. The molecule has 0 aliphatic carbocycles. The minimum Gasteiger partial charge on any atom is -0.497 e. The first kappa shape index (κ1) is 24.2. The molecule has 1 saturated heterocycles. The van der Waals surface area contributed by atoms with Crippen molar-refractivity contribution in [3.63, 3.8) is 0 Å². The van der Waals surface area contributed by atoms with E-state index in [0.29, 0.717) is 30.2 Å². The third-order valence-corrected chi connectivity index (χ3v) is 7.64. The summed E-state index contributed by atoms with van der Waals surface area (Å²) in [6.07, 6.45) is 0.382. The van der Waals surface area contributed by atoms with Crippen molar-refractivity contribution in [3.8, 4) is 11.5 Å². The van der Waals surface area contributed by atoms with Gasteiger partial charge in [0.05, 0.1) is 26.5 Å². The van der Waals surface area contributed by atoms with E-state index in [1.54, 1.807) is 45.5 Å². The monoisotopic (exact) mass is 487 g/mol. The summed E-state index contributed by atoms with van der Waals surface area (Å²) in [5.41, 5.74) is 0.762. The van der Waals surface area contributed by atoms with E-state index in [-0.39, 0.29) is 24.7 Å². The Balaban J connectivity index is 1.68. The Bertz CT molecular complexity index is 1170. The van der Waals surface area contributed by atoms with Crippen LogP contribution in [0, 0.1) is 0 Å². The molecule has 2 heterocycles. The molecule has 1 aliphatic heterocycles. The molecule has 1 fully saturated rings. The van der Waals surface area contributed by atoms with Crippen molar-refractivity contribution < 1.29 is 27.7 Å². The Morgan fingerprint density at radius 1 is 1.03 bits per heavy atom. The summed E-state index contributed by atoms with van der Waals surface area (Å²) in [5, 5.41) is 15.1. The predicted octanol–water partition coefficient (Wildman–Crippen LogP) is 2.44. The van der Waals surface area contributed by atoms with Crippen LogP contribution in [-0.2, 0) is 40.5 Å². The number of aliphatic hydroxyl groups is 1. The summed E-state index contributed by atoms with van der Waals surface area (Å²) in [4.78, 5) is 0. The Labute approximate surface area is 199 Å². The van der Waals surface area contributed by atoms with E-state index in [1.807, 2.05) is 24.3 Å². The summed E-state index contributed by atoms with van der Waals surface area (Å²) >= 11 is 0. The van der Waals surface area contributed by atoms with Gasteiger partial charge in [-0.2, -0.15) is 9.40 Å². The maximum atomic E-state index is 13.8. The van der Waals surface area contributed by atoms with Gasteiger partial charge in [-0.25, -0.2) is 8.42 Å². The van der Waals surface area contributed by atoms with Gasteiger partial charge >= 0.3 is 0 Å². The summed E-state index contributed by atoms with van der Waals surface area (Å²) in [6.45, 7) is 0.785. The van der Waals surface area contributed by atoms with Gasteiger partial charge < -0.3 is 19.3 Å². The van der Waals surface area contributed by atoms with Crippen LogP contribution in [0.2, 0.25) is 0 Å². The zero-order chi connectivity index (χ0) is 24.3. The molecule has 4 rings (SSSR count). The van der Waals surface area contributed by atoms with Crippen molar-refractivity contribution in [2.45, 2.75) is 30.1 Å². The number of aryl methyl sites for hydroxylation is 1. The van der Waals surface area contributed by atoms with Crippen molar-refractivity contribution in [1.82, 2.24) is 14.1 Å². The van der Waals surface area contributed by atoms with Gasteiger partial charge in [0, 0.05) is 39.2 Å². The van der Waals surface area contributed by atoms with Gasteiger partial charge in [-0.1, -0.05) is 24.3 Å². The highest BCUT2D eigenvalue weighted by Gasteiger charge is 2.39. The first-order chi connectivity index (χ1) is 16.2. The van der Waals surface area contributed by atoms with Gasteiger partial charge in [-0.3, -0.25) is 4.68 Å². The molecule has 0 radical (unpaired) electrons. The zero-order valence-electron chi connectivity index (χ0n) is 19.5. The highest BCUT2D eigenvalue weighted by Crippen LogP contribution is 2.32. The van der Waals surface area contributed by atoms with E-state index in [9.17, 15) is 13.5 Å². The van der Waals surface area contributed by atoms with E-state index in [1.165, 1.54) is 15.1 Å². The molecule has 1 atom stereocenters. The number of hydrogen-bond donors (Lipinski definition) is 1. The predicted molar refractivity (Wildman–Crippen MR) is 125 cm³/mol. The minimum atomic E-state index is -4.00. The third-order valence-electron chi connectivity index (χ3n) is 5.98. The Kier molecular flexibility index (Phi) is 6.94. The minimum absolute atomic E-state index is 0.105. The van der Waals surface area contributed by atoms with Gasteiger partial charge in [0.25, 0.3) is 10.0 Å². The van der Waals surface area contributed by atoms with E-state index in [2.05, 4.69) is 5.10 Å². The summed E-state index contributed by atoms with van der Waals surface area (Å²) in [7, 11) is 0.789. The molecule has 0 spiro atoms. The molecule has 0 bridgehead atoms. The average Bonchev–Trinajstić information content (AvgIpc) is 3.46. The molecular weight excluding hydrogens is 458 g/mol. The van der Waals surface area contributed by atoms with Crippen molar-refractivity contribution in [1.29, 1.82) is 0 Å². The maximum absolute atomic E-state index is 13.8. The smallest absolute Gasteiger partial charge is 0.263 e. The topological polar surface area (TPSA) is 103 Å². The second-order valence-corrected chi connectivity index (χ2v) is 10.2. The van der Waals surface area contributed by atoms with Crippen molar-refractivity contribution in [2.24, 2.45) is 7.05 Å². The Morgan fingerprint density at radius 3 is 2.00 bits per heavy atom. The molecule has 34 heavy (non-hydrogen) atoms. The molecule has 0 saturated carbocycles. The quantitative estimate of drug-likeness (QED) is 0.494. The van der Waals surface area contributed by atoms with Gasteiger partial charge in [0.15, 0.2) is 5.03 Å². The van der Waals surface area contributed by atoms with E-state index in [4.69, 9.17) is 14.2 Å². The number of ether oxygens (including phenoxy) is 3. The lowest BCUT2D eigenvalue weighted by Gasteiger charge is -2.22. The number of nitrogens with zero attached hydrogens (tertiary/aromatic N) is 3. The third kappa shape index (κ3) is 4.95. The zero-order valence-corrected chi connectivity index (χ0v) is 20.3. The molecule has 1 aromatic heterocycles. The highest BCUT2D eigenvalue weighted by molar-refractivity contribution is 7.89. The molecule has 2 aromatic carbocycles. The van der Waals surface area contributed by atoms with Crippen LogP contribution in [0.3, 0.4) is 0 Å². The molecular formula is C24H29N3O6S. The van der Waals surface area contributed by atoms with Crippen LogP contribution < -0.4 is 9.47 Å². The number of rotatable bonds is 9. The summed E-state index contributed by atoms with van der Waals surface area (Å²) < 4.78 is 46.1. The van der Waals surface area contributed by atoms with E-state index >= 15 is 0 Å². The molecule has 1 aliphatic rings. The lowest BCUT2D eigenvalue weighted by atomic mass is 9.99. The molecule has 10 heteroatoms. The second-order valence-electron chi connectivity index (χ2n) is 8.29. The van der Waals surface area contributed by atoms with Crippen LogP contribution in [0.25, 0.3) is 0 Å². The van der Waals surface area contributed by atoms with Gasteiger partial charge in [0.2, 0.25) is 0 Å². The van der Waals surface area contributed by atoms with Gasteiger partial charge in [-0.05, 0) is 35.4 Å². The standard InChI is InChI=1S/C24H29N3O6S/c1-26-22(24(28)12-13-33-17-24)14-23(25-26)34(29,30)27(15-18-4-8-20(31-2)9-5-18)16-19-6-10-21(32-3)11-7-19/h4-11,14,28H,12-13,15-17H2,1-3H3. The number of methoxy groups -OCH3 is 2. The maximum Gasteiger partial charge on any atom is 0.263 e. The fourth-order valence-electron chi connectivity index (χ4n) is 3.99. The molecule has 3 aromatic rings. The number of benzene rings is 2. The second kappa shape index (κ2) is 9.75. The summed E-state index contributed by atoms with van der Waals surface area (Å²) in [5.74, 6) is 1.38. The van der Waals surface area contributed by atoms with Crippen LogP contribution in [0.15, 0.2) is 59.6 Å². The molecule has 1 N–H and O–H groups in total. The largest absolute Gasteiger partial charge is 0.497 e. The van der Waals surface area contributed by atoms with E-state index in [0.717, 1.165) is 11.1 Å². The normalized spacial score (nSPS) is 18.4. The fraction of sp³-hybridized carbons (Fsp3) is 0.375. The summed E-state index contributed by atoms with van der Waals surface area (Å²) in [6, 6.07) is 15.9. The molecule has 182 valence electrons. The van der Waals surface area contributed by atoms with Crippen LogP contribution in [0.5, 0.6) is 11.5 Å². The SMILES string of the molecule is COc1ccc(CN(Cc2ccc(OC)cc2)S(=O)(=O)c2cc(C3(O)CCOC3)n(C)n2)cc1. The van der Waals surface area contributed by atoms with E-state index < -0.39 is 15.6 Å². The van der Waals surface area contributed by atoms with Gasteiger partial charge in [0.1, 0.15) is 17.1 Å². The molecule has 9 nitrogen and oxygen atoms in total. The number of sulfonamides is 1. The van der Waals surface area contributed by atoms with Crippen LogP contribution in [-0.4, -0.2) is 55.0 Å².